The molecule has 2 N–H and O–H groups in total. The molecule has 1 aliphatic rings. The molecule has 2 rings (SSSR count). The third-order valence-corrected chi connectivity index (χ3v) is 2.45. The smallest absolute Gasteiger partial charge is 0.0588 e. The van der Waals surface area contributed by atoms with Gasteiger partial charge in [-0.1, -0.05) is 11.6 Å². The van der Waals surface area contributed by atoms with Gasteiger partial charge in [0, 0.05) is 17.3 Å². The summed E-state index contributed by atoms with van der Waals surface area (Å²) in [7, 11) is 0. The molecule has 0 aromatic carbocycles. The van der Waals surface area contributed by atoms with E-state index in [1.54, 1.807) is 12.3 Å². The van der Waals surface area contributed by atoms with Gasteiger partial charge >= 0.3 is 0 Å². The summed E-state index contributed by atoms with van der Waals surface area (Å²) >= 11 is 5.82. The van der Waals surface area contributed by atoms with Crippen molar-refractivity contribution in [2.24, 2.45) is 11.7 Å². The zero-order valence-electron chi connectivity index (χ0n) is 6.70. The van der Waals surface area contributed by atoms with Crippen LogP contribution in [0.25, 0.3) is 0 Å². The second kappa shape index (κ2) is 3.04. The number of pyridine rings is 1. The first-order valence-corrected chi connectivity index (χ1v) is 4.52. The Morgan fingerprint density at radius 2 is 2.33 bits per heavy atom. The van der Waals surface area contributed by atoms with Crippen LogP contribution in [0.4, 0.5) is 0 Å². The molecule has 2 nitrogen and oxygen atoms in total. The Morgan fingerprint density at radius 1 is 1.58 bits per heavy atom. The largest absolute Gasteiger partial charge is 0.322 e. The van der Waals surface area contributed by atoms with Gasteiger partial charge in [-0.2, -0.15) is 0 Å². The lowest BCUT2D eigenvalue weighted by atomic mass is 10.1. The molecular weight excluding hydrogens is 172 g/mol. The average Bonchev–Trinajstić information content (AvgIpc) is 2.85. The van der Waals surface area contributed by atoms with Crippen LogP contribution in [0.5, 0.6) is 0 Å². The summed E-state index contributed by atoms with van der Waals surface area (Å²) in [5.41, 5.74) is 6.87. The first-order chi connectivity index (χ1) is 5.77. The number of hydrogen-bond acceptors (Lipinski definition) is 2. The van der Waals surface area contributed by atoms with E-state index in [1.165, 1.54) is 12.8 Å². The normalized spacial score (nSPS) is 19.2. The van der Waals surface area contributed by atoms with Gasteiger partial charge < -0.3 is 5.73 Å². The van der Waals surface area contributed by atoms with Crippen LogP contribution < -0.4 is 5.73 Å². The fourth-order valence-corrected chi connectivity index (χ4v) is 1.47. The number of nitrogens with two attached hydrogens (primary N) is 1. The van der Waals surface area contributed by atoms with Crippen molar-refractivity contribution in [1.29, 1.82) is 0 Å². The van der Waals surface area contributed by atoms with Crippen LogP contribution in [0, 0.1) is 5.92 Å². The van der Waals surface area contributed by atoms with Crippen LogP contribution in [0.2, 0.25) is 5.02 Å². The van der Waals surface area contributed by atoms with Crippen LogP contribution in [0.3, 0.4) is 0 Å². The molecule has 1 unspecified atom stereocenters. The highest BCUT2D eigenvalue weighted by atomic mass is 35.5. The zero-order chi connectivity index (χ0) is 8.55. The van der Waals surface area contributed by atoms with Gasteiger partial charge in [0.15, 0.2) is 0 Å². The topological polar surface area (TPSA) is 38.9 Å². The molecule has 1 atom stereocenters. The molecule has 0 amide bonds. The van der Waals surface area contributed by atoms with Crippen molar-refractivity contribution in [1.82, 2.24) is 4.98 Å². The molecule has 1 heterocycles. The first-order valence-electron chi connectivity index (χ1n) is 4.14. The van der Waals surface area contributed by atoms with Gasteiger partial charge in [0.05, 0.1) is 5.69 Å². The molecule has 1 saturated carbocycles. The van der Waals surface area contributed by atoms with E-state index in [2.05, 4.69) is 4.98 Å². The van der Waals surface area contributed by atoms with E-state index in [9.17, 15) is 0 Å². The predicted octanol–water partition coefficient (Wildman–Crippen LogP) is 2.14. The monoisotopic (exact) mass is 182 g/mol. The molecule has 1 aliphatic carbocycles. The second-order valence-electron chi connectivity index (χ2n) is 3.26. The quantitative estimate of drug-likeness (QED) is 0.761. The molecule has 0 radical (unpaired) electrons. The number of hydrogen-bond donors (Lipinski definition) is 1. The Bertz CT molecular complexity index is 284. The number of halogens is 1. The Hall–Kier alpha value is -0.600. The standard InChI is InChI=1S/C9H11ClN2/c10-7-3-4-12-8(5-7)9(11)6-1-2-6/h3-6,9H,1-2,11H2. The van der Waals surface area contributed by atoms with Crippen molar-refractivity contribution >= 4 is 11.6 Å². The van der Waals surface area contributed by atoms with E-state index < -0.39 is 0 Å². The Kier molecular flexibility index (Phi) is 2.03. The van der Waals surface area contributed by atoms with E-state index in [4.69, 9.17) is 17.3 Å². The highest BCUT2D eigenvalue weighted by Gasteiger charge is 2.30. The lowest BCUT2D eigenvalue weighted by molar-refractivity contribution is 0.615. The molecule has 64 valence electrons. The summed E-state index contributed by atoms with van der Waals surface area (Å²) in [5, 5.41) is 0.719. The fraction of sp³-hybridized carbons (Fsp3) is 0.444. The van der Waals surface area contributed by atoms with Gasteiger partial charge in [-0.15, -0.1) is 0 Å². The lowest BCUT2D eigenvalue weighted by Gasteiger charge is -2.08. The third kappa shape index (κ3) is 1.59. The van der Waals surface area contributed by atoms with Crippen LogP contribution in [-0.2, 0) is 0 Å². The highest BCUT2D eigenvalue weighted by molar-refractivity contribution is 6.30. The van der Waals surface area contributed by atoms with E-state index >= 15 is 0 Å². The molecule has 1 aromatic heterocycles. The van der Waals surface area contributed by atoms with E-state index in [0.29, 0.717) is 5.92 Å². The molecule has 0 saturated heterocycles. The van der Waals surface area contributed by atoms with Crippen molar-refractivity contribution in [3.63, 3.8) is 0 Å². The van der Waals surface area contributed by atoms with Gasteiger partial charge in [-0.3, -0.25) is 4.98 Å². The van der Waals surface area contributed by atoms with Crippen molar-refractivity contribution in [2.45, 2.75) is 18.9 Å². The van der Waals surface area contributed by atoms with Crippen molar-refractivity contribution < 1.29 is 0 Å². The summed E-state index contributed by atoms with van der Waals surface area (Å²) in [6.45, 7) is 0. The summed E-state index contributed by atoms with van der Waals surface area (Å²) in [6.07, 6.45) is 4.17. The molecule has 1 fully saturated rings. The fourth-order valence-electron chi connectivity index (χ4n) is 1.30. The van der Waals surface area contributed by atoms with Gasteiger partial charge in [0.25, 0.3) is 0 Å². The van der Waals surface area contributed by atoms with Crippen molar-refractivity contribution in [3.05, 3.63) is 29.0 Å². The van der Waals surface area contributed by atoms with Gasteiger partial charge in [-0.05, 0) is 30.9 Å². The minimum Gasteiger partial charge on any atom is -0.322 e. The zero-order valence-corrected chi connectivity index (χ0v) is 7.46. The molecule has 0 spiro atoms. The molecule has 12 heavy (non-hydrogen) atoms. The predicted molar refractivity (Wildman–Crippen MR) is 48.9 cm³/mol. The van der Waals surface area contributed by atoms with Crippen molar-refractivity contribution in [3.8, 4) is 0 Å². The minimum absolute atomic E-state index is 0.0868. The number of rotatable bonds is 2. The number of aromatic nitrogens is 1. The first kappa shape index (κ1) is 8.02. The van der Waals surface area contributed by atoms with E-state index in [-0.39, 0.29) is 6.04 Å². The molecule has 3 heteroatoms. The Labute approximate surface area is 76.7 Å². The maximum atomic E-state index is 5.95. The molecule has 0 aliphatic heterocycles. The number of nitrogens with zero attached hydrogens (tertiary/aromatic N) is 1. The van der Waals surface area contributed by atoms with Crippen LogP contribution >= 0.6 is 11.6 Å². The lowest BCUT2D eigenvalue weighted by Crippen LogP contribution is -2.13. The summed E-state index contributed by atoms with van der Waals surface area (Å²) in [4.78, 5) is 4.19. The summed E-state index contributed by atoms with van der Waals surface area (Å²) in [6, 6.07) is 3.71. The second-order valence-corrected chi connectivity index (χ2v) is 3.70. The molecular formula is C9H11ClN2. The van der Waals surface area contributed by atoms with Crippen molar-refractivity contribution in [2.75, 3.05) is 0 Å². The highest BCUT2D eigenvalue weighted by Crippen LogP contribution is 2.38. The van der Waals surface area contributed by atoms with E-state index in [1.807, 2.05) is 6.07 Å². The SMILES string of the molecule is NC(c1cc(Cl)ccn1)C1CC1. The van der Waals surface area contributed by atoms with Crippen LogP contribution in [0.15, 0.2) is 18.3 Å². The van der Waals surface area contributed by atoms with Gasteiger partial charge in [0.2, 0.25) is 0 Å². The minimum atomic E-state index is 0.0868. The van der Waals surface area contributed by atoms with E-state index in [0.717, 1.165) is 10.7 Å². The molecule has 1 aromatic rings. The van der Waals surface area contributed by atoms with Crippen LogP contribution in [0.1, 0.15) is 24.6 Å². The third-order valence-electron chi connectivity index (χ3n) is 2.21. The molecule has 0 bridgehead atoms. The summed E-state index contributed by atoms with van der Waals surface area (Å²) < 4.78 is 0. The van der Waals surface area contributed by atoms with Crippen LogP contribution in [-0.4, -0.2) is 4.98 Å². The maximum absolute atomic E-state index is 5.95. The Morgan fingerprint density at radius 3 is 2.92 bits per heavy atom. The van der Waals surface area contributed by atoms with Gasteiger partial charge in [0.1, 0.15) is 0 Å². The summed E-state index contributed by atoms with van der Waals surface area (Å²) in [5.74, 6) is 0.635. The average molecular weight is 183 g/mol. The van der Waals surface area contributed by atoms with Gasteiger partial charge in [-0.25, -0.2) is 0 Å². The Balaban J connectivity index is 2.20. The maximum Gasteiger partial charge on any atom is 0.0588 e.